The van der Waals surface area contributed by atoms with Crippen molar-refractivity contribution in [2.75, 3.05) is 53.4 Å². The molecule has 0 spiro atoms. The predicted octanol–water partition coefficient (Wildman–Crippen LogP) is 0.909. The van der Waals surface area contributed by atoms with E-state index >= 15 is 0 Å². The second kappa shape index (κ2) is 10.7. The normalized spacial score (nSPS) is 24.3. The Kier molecular flexibility index (Phi) is 8.65. The Morgan fingerprint density at radius 2 is 2.00 bits per heavy atom. The molecule has 1 amide bonds. The van der Waals surface area contributed by atoms with E-state index in [0.717, 1.165) is 39.1 Å². The summed E-state index contributed by atoms with van der Waals surface area (Å²) in [5.74, 6) is 1.40. The maximum Gasteiger partial charge on any atom is 0.243 e. The molecule has 0 bridgehead atoms. The van der Waals surface area contributed by atoms with Gasteiger partial charge >= 0.3 is 0 Å². The quantitative estimate of drug-likeness (QED) is 0.493. The fraction of sp³-hybridized carbons (Fsp3) is 0.895. The van der Waals surface area contributed by atoms with Gasteiger partial charge in [0.15, 0.2) is 5.96 Å². The zero-order valence-electron chi connectivity index (χ0n) is 17.0. The standard InChI is InChI=1S/C19H37N5O2/c1-15(2)14-24-9-5-7-16(24)11-20-19(22-13-18(25)23(3)4)21-12-17-8-6-10-26-17/h15-17H,5-14H2,1-4H3,(H2,20,21,22)/t16-,17?/m1/s1. The number of guanidine groups is 1. The number of hydrogen-bond acceptors (Lipinski definition) is 4. The van der Waals surface area contributed by atoms with E-state index in [1.165, 1.54) is 19.4 Å². The van der Waals surface area contributed by atoms with Crippen molar-refractivity contribution in [3.8, 4) is 0 Å². The van der Waals surface area contributed by atoms with Crippen molar-refractivity contribution in [1.29, 1.82) is 0 Å². The number of amides is 1. The molecule has 2 heterocycles. The first-order chi connectivity index (χ1) is 12.5. The molecule has 0 aromatic carbocycles. The van der Waals surface area contributed by atoms with E-state index in [1.54, 1.807) is 19.0 Å². The van der Waals surface area contributed by atoms with Crippen molar-refractivity contribution >= 4 is 11.9 Å². The van der Waals surface area contributed by atoms with Gasteiger partial charge in [-0.2, -0.15) is 0 Å². The molecule has 0 aromatic rings. The molecule has 1 unspecified atom stereocenters. The number of carbonyl (C=O) groups excluding carboxylic acids is 1. The first-order valence-corrected chi connectivity index (χ1v) is 10.0. The summed E-state index contributed by atoms with van der Waals surface area (Å²) in [6.45, 7) is 9.46. The average Bonchev–Trinajstić information content (AvgIpc) is 3.25. The van der Waals surface area contributed by atoms with Crippen molar-refractivity contribution in [3.05, 3.63) is 0 Å². The second-order valence-corrected chi connectivity index (χ2v) is 8.03. The van der Waals surface area contributed by atoms with E-state index in [-0.39, 0.29) is 18.6 Å². The molecule has 2 atom stereocenters. The molecule has 2 rings (SSSR count). The fourth-order valence-electron chi connectivity index (χ4n) is 3.53. The van der Waals surface area contributed by atoms with Crippen LogP contribution in [-0.4, -0.2) is 87.2 Å². The van der Waals surface area contributed by atoms with Crippen LogP contribution in [0.5, 0.6) is 0 Å². The summed E-state index contributed by atoms with van der Waals surface area (Å²) in [6, 6.07) is 0.539. The Labute approximate surface area is 158 Å². The molecule has 2 fully saturated rings. The summed E-state index contributed by atoms with van der Waals surface area (Å²) < 4.78 is 5.68. The van der Waals surface area contributed by atoms with Crippen LogP contribution in [0.1, 0.15) is 39.5 Å². The molecule has 2 aliphatic rings. The lowest BCUT2D eigenvalue weighted by Gasteiger charge is -2.27. The van der Waals surface area contributed by atoms with Crippen LogP contribution in [0.4, 0.5) is 0 Å². The van der Waals surface area contributed by atoms with Gasteiger partial charge in [0, 0.05) is 46.4 Å². The highest BCUT2D eigenvalue weighted by Gasteiger charge is 2.25. The van der Waals surface area contributed by atoms with Crippen LogP contribution in [0.15, 0.2) is 4.99 Å². The third-order valence-electron chi connectivity index (χ3n) is 5.00. The molecule has 2 N–H and O–H groups in total. The Morgan fingerprint density at radius 3 is 2.65 bits per heavy atom. The number of nitrogens with zero attached hydrogens (tertiary/aromatic N) is 3. The van der Waals surface area contributed by atoms with Crippen molar-refractivity contribution in [3.63, 3.8) is 0 Å². The van der Waals surface area contributed by atoms with Crippen LogP contribution < -0.4 is 10.6 Å². The summed E-state index contributed by atoms with van der Waals surface area (Å²) in [5, 5.41) is 6.81. The Hall–Kier alpha value is -1.34. The van der Waals surface area contributed by atoms with Crippen LogP contribution in [0.2, 0.25) is 0 Å². The maximum atomic E-state index is 11.9. The monoisotopic (exact) mass is 367 g/mol. The minimum Gasteiger partial charge on any atom is -0.376 e. The van der Waals surface area contributed by atoms with Crippen molar-refractivity contribution in [1.82, 2.24) is 20.4 Å². The number of likely N-dealkylation sites (N-methyl/N-ethyl adjacent to an activating group) is 1. The van der Waals surface area contributed by atoms with Gasteiger partial charge < -0.3 is 20.3 Å². The number of aliphatic imine (C=N–C) groups is 1. The topological polar surface area (TPSA) is 69.2 Å². The van der Waals surface area contributed by atoms with Crippen LogP contribution in [-0.2, 0) is 9.53 Å². The summed E-state index contributed by atoms with van der Waals surface area (Å²) in [5.41, 5.74) is 0. The first-order valence-electron chi connectivity index (χ1n) is 10.0. The van der Waals surface area contributed by atoms with Gasteiger partial charge in [0.25, 0.3) is 0 Å². The van der Waals surface area contributed by atoms with Crippen molar-refractivity contribution in [2.45, 2.75) is 51.7 Å². The molecule has 150 valence electrons. The number of carbonyl (C=O) groups is 1. The number of rotatable bonds is 8. The SMILES string of the molecule is CC(C)CN1CCC[C@@H]1CNC(=NCC(=O)N(C)C)NCC1CCCO1. The molecule has 0 saturated carbocycles. The van der Waals surface area contributed by atoms with Crippen LogP contribution in [0, 0.1) is 5.92 Å². The van der Waals surface area contributed by atoms with Gasteiger partial charge in [-0.25, -0.2) is 4.99 Å². The average molecular weight is 368 g/mol. The van der Waals surface area contributed by atoms with E-state index in [9.17, 15) is 4.79 Å². The number of ether oxygens (including phenoxy) is 1. The molecule has 0 radical (unpaired) electrons. The van der Waals surface area contributed by atoms with E-state index < -0.39 is 0 Å². The Balaban J connectivity index is 1.87. The number of nitrogens with one attached hydrogen (secondary N) is 2. The molecule has 0 aromatic heterocycles. The number of likely N-dealkylation sites (tertiary alicyclic amines) is 1. The lowest BCUT2D eigenvalue weighted by atomic mass is 10.1. The van der Waals surface area contributed by atoms with E-state index in [0.29, 0.717) is 17.9 Å². The summed E-state index contributed by atoms with van der Waals surface area (Å²) in [6.07, 6.45) is 4.93. The smallest absolute Gasteiger partial charge is 0.243 e. The van der Waals surface area contributed by atoms with Crippen LogP contribution >= 0.6 is 0 Å². The molecule has 2 saturated heterocycles. The molecule has 7 nitrogen and oxygen atoms in total. The third kappa shape index (κ3) is 7.11. The molecule has 7 heteroatoms. The Morgan fingerprint density at radius 1 is 1.23 bits per heavy atom. The van der Waals surface area contributed by atoms with Crippen LogP contribution in [0.3, 0.4) is 0 Å². The van der Waals surface area contributed by atoms with Crippen LogP contribution in [0.25, 0.3) is 0 Å². The predicted molar refractivity (Wildman–Crippen MR) is 105 cm³/mol. The van der Waals surface area contributed by atoms with E-state index in [1.807, 2.05) is 0 Å². The minimum atomic E-state index is 0.00511. The van der Waals surface area contributed by atoms with Crippen molar-refractivity contribution in [2.24, 2.45) is 10.9 Å². The lowest BCUT2D eigenvalue weighted by Crippen LogP contribution is -2.47. The van der Waals surface area contributed by atoms with Gasteiger partial charge in [-0.15, -0.1) is 0 Å². The van der Waals surface area contributed by atoms with E-state index in [2.05, 4.69) is 34.4 Å². The second-order valence-electron chi connectivity index (χ2n) is 8.03. The highest BCUT2D eigenvalue weighted by atomic mass is 16.5. The first kappa shape index (κ1) is 21.0. The molecular weight excluding hydrogens is 330 g/mol. The molecule has 2 aliphatic heterocycles. The highest BCUT2D eigenvalue weighted by Crippen LogP contribution is 2.18. The van der Waals surface area contributed by atoms with Gasteiger partial charge in [-0.3, -0.25) is 9.69 Å². The lowest BCUT2D eigenvalue weighted by molar-refractivity contribution is -0.127. The zero-order chi connectivity index (χ0) is 18.9. The third-order valence-corrected chi connectivity index (χ3v) is 5.00. The Bertz CT molecular complexity index is 461. The van der Waals surface area contributed by atoms with Gasteiger partial charge in [0.2, 0.25) is 5.91 Å². The maximum absolute atomic E-state index is 11.9. The zero-order valence-corrected chi connectivity index (χ0v) is 17.0. The highest BCUT2D eigenvalue weighted by molar-refractivity contribution is 5.84. The molecular formula is C19H37N5O2. The van der Waals surface area contributed by atoms with Gasteiger partial charge in [0.1, 0.15) is 6.54 Å². The summed E-state index contributed by atoms with van der Waals surface area (Å²) >= 11 is 0. The van der Waals surface area contributed by atoms with E-state index in [4.69, 9.17) is 4.74 Å². The van der Waals surface area contributed by atoms with Gasteiger partial charge in [0.05, 0.1) is 6.10 Å². The summed E-state index contributed by atoms with van der Waals surface area (Å²) in [4.78, 5) is 20.5. The molecule has 26 heavy (non-hydrogen) atoms. The summed E-state index contributed by atoms with van der Waals surface area (Å²) in [7, 11) is 3.51. The minimum absolute atomic E-state index is 0.00511. The van der Waals surface area contributed by atoms with Crippen molar-refractivity contribution < 1.29 is 9.53 Å². The largest absolute Gasteiger partial charge is 0.376 e. The van der Waals surface area contributed by atoms with Gasteiger partial charge in [-0.05, 0) is 38.1 Å². The van der Waals surface area contributed by atoms with Gasteiger partial charge in [-0.1, -0.05) is 13.8 Å². The molecule has 0 aliphatic carbocycles. The fourth-order valence-corrected chi connectivity index (χ4v) is 3.53. The number of hydrogen-bond donors (Lipinski definition) is 2.